The quantitative estimate of drug-likeness (QED) is 0.763. The largest absolute Gasteiger partial charge is 0.315 e. The summed E-state index contributed by atoms with van der Waals surface area (Å²) in [4.78, 5) is 2.45. The molecule has 0 spiro atoms. The lowest BCUT2D eigenvalue weighted by molar-refractivity contribution is 0.160. The van der Waals surface area contributed by atoms with Gasteiger partial charge in [0.25, 0.3) is 0 Å². The first-order chi connectivity index (χ1) is 7.31. The van der Waals surface area contributed by atoms with Crippen molar-refractivity contribution in [3.63, 3.8) is 0 Å². The van der Waals surface area contributed by atoms with E-state index in [9.17, 15) is 0 Å². The van der Waals surface area contributed by atoms with Crippen molar-refractivity contribution >= 4 is 0 Å². The van der Waals surface area contributed by atoms with Crippen LogP contribution in [0, 0.1) is 0 Å². The van der Waals surface area contributed by atoms with Gasteiger partial charge in [-0.05, 0) is 13.5 Å². The zero-order valence-electron chi connectivity index (χ0n) is 9.48. The van der Waals surface area contributed by atoms with Crippen LogP contribution >= 0.6 is 0 Å². The van der Waals surface area contributed by atoms with Crippen LogP contribution in [0.25, 0.3) is 0 Å². The molecule has 0 saturated heterocycles. The molecule has 1 aromatic rings. The first-order valence-electron chi connectivity index (χ1n) is 5.62. The third kappa shape index (κ3) is 2.35. The van der Waals surface area contributed by atoms with E-state index in [4.69, 9.17) is 0 Å². The van der Waals surface area contributed by atoms with E-state index in [-0.39, 0.29) is 0 Å². The molecule has 1 aliphatic heterocycles. The predicted octanol–water partition coefficient (Wildman–Crippen LogP) is 0.0917. The second-order valence-electron chi connectivity index (χ2n) is 4.07. The number of hydrogen-bond donors (Lipinski definition) is 1. The van der Waals surface area contributed by atoms with Crippen LogP contribution in [0.5, 0.6) is 0 Å². The Hall–Kier alpha value is -0.940. The van der Waals surface area contributed by atoms with Gasteiger partial charge in [0.1, 0.15) is 12.2 Å². The van der Waals surface area contributed by atoms with E-state index in [0.29, 0.717) is 6.04 Å². The first kappa shape index (κ1) is 10.6. The van der Waals surface area contributed by atoms with Gasteiger partial charge < -0.3 is 9.88 Å². The SMILES string of the molecule is CCNCC(C)N1CCn2cnnc2C1. The Balaban J connectivity index is 1.91. The number of nitrogens with one attached hydrogen (secondary N) is 1. The molecular formula is C10H19N5. The van der Waals surface area contributed by atoms with E-state index in [2.05, 4.69) is 38.8 Å². The van der Waals surface area contributed by atoms with Gasteiger partial charge >= 0.3 is 0 Å². The molecule has 5 heteroatoms. The van der Waals surface area contributed by atoms with E-state index in [1.165, 1.54) is 0 Å². The van der Waals surface area contributed by atoms with Crippen LogP contribution in [0.15, 0.2) is 6.33 Å². The minimum atomic E-state index is 0.565. The number of nitrogens with zero attached hydrogens (tertiary/aromatic N) is 4. The Morgan fingerprint density at radius 3 is 3.20 bits per heavy atom. The molecule has 0 aliphatic carbocycles. The van der Waals surface area contributed by atoms with E-state index in [1.807, 2.05) is 6.33 Å². The summed E-state index contributed by atoms with van der Waals surface area (Å²) in [5, 5.41) is 11.4. The van der Waals surface area contributed by atoms with Crippen LogP contribution < -0.4 is 5.32 Å². The molecule has 1 atom stereocenters. The summed E-state index contributed by atoms with van der Waals surface area (Å²) in [5.41, 5.74) is 0. The summed E-state index contributed by atoms with van der Waals surface area (Å²) in [5.74, 6) is 1.09. The second kappa shape index (κ2) is 4.72. The lowest BCUT2D eigenvalue weighted by atomic mass is 10.2. The maximum Gasteiger partial charge on any atom is 0.147 e. The lowest BCUT2D eigenvalue weighted by Crippen LogP contribution is -2.44. The summed E-state index contributed by atoms with van der Waals surface area (Å²) in [7, 11) is 0. The van der Waals surface area contributed by atoms with Gasteiger partial charge in [-0.25, -0.2) is 0 Å². The minimum absolute atomic E-state index is 0.565. The average molecular weight is 209 g/mol. The molecule has 2 rings (SSSR count). The fraction of sp³-hybridized carbons (Fsp3) is 0.800. The molecule has 0 aromatic carbocycles. The Bertz CT molecular complexity index is 309. The highest BCUT2D eigenvalue weighted by molar-refractivity contribution is 4.91. The molecule has 0 amide bonds. The summed E-state index contributed by atoms with van der Waals surface area (Å²) in [6.07, 6.45) is 1.82. The molecule has 2 heterocycles. The fourth-order valence-electron chi connectivity index (χ4n) is 1.94. The summed E-state index contributed by atoms with van der Waals surface area (Å²) in [6.45, 7) is 9.51. The second-order valence-corrected chi connectivity index (χ2v) is 4.07. The van der Waals surface area contributed by atoms with E-state index < -0.39 is 0 Å². The van der Waals surface area contributed by atoms with Crippen LogP contribution in [0.2, 0.25) is 0 Å². The Morgan fingerprint density at radius 1 is 1.53 bits per heavy atom. The average Bonchev–Trinajstić information content (AvgIpc) is 2.72. The Labute approximate surface area is 90.5 Å². The molecule has 1 aromatic heterocycles. The lowest BCUT2D eigenvalue weighted by Gasteiger charge is -2.32. The van der Waals surface area contributed by atoms with E-state index >= 15 is 0 Å². The van der Waals surface area contributed by atoms with Crippen molar-refractivity contribution in [3.8, 4) is 0 Å². The molecule has 0 radical (unpaired) electrons. The molecule has 0 saturated carbocycles. The maximum absolute atomic E-state index is 4.12. The number of likely N-dealkylation sites (N-methyl/N-ethyl adjacent to an activating group) is 1. The van der Waals surface area contributed by atoms with E-state index in [1.54, 1.807) is 0 Å². The standard InChI is InChI=1S/C10H19N5/c1-3-11-6-9(2)14-4-5-15-8-12-13-10(15)7-14/h8-9,11H,3-7H2,1-2H3. The van der Waals surface area contributed by atoms with Crippen molar-refractivity contribution in [1.29, 1.82) is 0 Å². The van der Waals surface area contributed by atoms with Crippen molar-refractivity contribution in [2.75, 3.05) is 19.6 Å². The maximum atomic E-state index is 4.12. The van der Waals surface area contributed by atoms with Gasteiger partial charge in [-0.2, -0.15) is 0 Å². The van der Waals surface area contributed by atoms with Gasteiger partial charge in [0, 0.05) is 25.7 Å². The zero-order valence-corrected chi connectivity index (χ0v) is 9.48. The fourth-order valence-corrected chi connectivity index (χ4v) is 1.94. The smallest absolute Gasteiger partial charge is 0.147 e. The molecular weight excluding hydrogens is 190 g/mol. The highest BCUT2D eigenvalue weighted by Gasteiger charge is 2.21. The zero-order chi connectivity index (χ0) is 10.7. The summed E-state index contributed by atoms with van der Waals surface area (Å²) < 4.78 is 2.14. The number of aromatic nitrogens is 3. The molecule has 0 fully saturated rings. The first-order valence-corrected chi connectivity index (χ1v) is 5.62. The molecule has 15 heavy (non-hydrogen) atoms. The van der Waals surface area contributed by atoms with Crippen LogP contribution in [-0.2, 0) is 13.1 Å². The van der Waals surface area contributed by atoms with Gasteiger partial charge in [-0.15, -0.1) is 10.2 Å². The molecule has 0 bridgehead atoms. The van der Waals surface area contributed by atoms with Gasteiger partial charge in [0.15, 0.2) is 0 Å². The molecule has 84 valence electrons. The number of rotatable bonds is 4. The van der Waals surface area contributed by atoms with Crippen molar-refractivity contribution in [2.24, 2.45) is 0 Å². The molecule has 1 aliphatic rings. The van der Waals surface area contributed by atoms with Crippen LogP contribution in [0.3, 0.4) is 0 Å². The highest BCUT2D eigenvalue weighted by atomic mass is 15.3. The third-order valence-electron chi connectivity index (χ3n) is 2.98. The van der Waals surface area contributed by atoms with Crippen molar-refractivity contribution < 1.29 is 0 Å². The van der Waals surface area contributed by atoms with Gasteiger partial charge in [0.05, 0.1) is 6.54 Å². The van der Waals surface area contributed by atoms with Crippen LogP contribution in [0.1, 0.15) is 19.7 Å². The topological polar surface area (TPSA) is 46.0 Å². The summed E-state index contributed by atoms with van der Waals surface area (Å²) >= 11 is 0. The predicted molar refractivity (Wildman–Crippen MR) is 58.4 cm³/mol. The molecule has 1 unspecified atom stereocenters. The Kier molecular flexibility index (Phi) is 3.33. The van der Waals surface area contributed by atoms with Crippen molar-refractivity contribution in [3.05, 3.63) is 12.2 Å². The third-order valence-corrected chi connectivity index (χ3v) is 2.98. The number of fused-ring (bicyclic) bond motifs is 1. The Morgan fingerprint density at radius 2 is 2.40 bits per heavy atom. The minimum Gasteiger partial charge on any atom is -0.315 e. The van der Waals surface area contributed by atoms with Crippen molar-refractivity contribution in [1.82, 2.24) is 25.0 Å². The van der Waals surface area contributed by atoms with Gasteiger partial charge in [-0.1, -0.05) is 6.92 Å². The van der Waals surface area contributed by atoms with Gasteiger partial charge in [0.2, 0.25) is 0 Å². The summed E-state index contributed by atoms with van der Waals surface area (Å²) in [6, 6.07) is 0.565. The van der Waals surface area contributed by atoms with Crippen molar-refractivity contribution in [2.45, 2.75) is 33.0 Å². The normalized spacial score (nSPS) is 18.8. The van der Waals surface area contributed by atoms with Crippen LogP contribution in [0.4, 0.5) is 0 Å². The molecule has 5 nitrogen and oxygen atoms in total. The van der Waals surface area contributed by atoms with Crippen LogP contribution in [-0.4, -0.2) is 45.3 Å². The molecule has 1 N–H and O–H groups in total. The van der Waals surface area contributed by atoms with E-state index in [0.717, 1.165) is 38.5 Å². The monoisotopic (exact) mass is 209 g/mol. The van der Waals surface area contributed by atoms with Gasteiger partial charge in [-0.3, -0.25) is 4.90 Å². The highest BCUT2D eigenvalue weighted by Crippen LogP contribution is 2.11. The number of hydrogen-bond acceptors (Lipinski definition) is 4.